The van der Waals surface area contributed by atoms with Gasteiger partial charge in [0, 0.05) is 0 Å². The Balaban J connectivity index is 1.95. The van der Waals surface area contributed by atoms with Gasteiger partial charge < -0.3 is 15.0 Å². The molecule has 4 heteroatoms. The average Bonchev–Trinajstić information content (AvgIpc) is 2.67. The Morgan fingerprint density at radius 1 is 1.25 bits per heavy atom. The molecule has 2 rings (SSSR count). The van der Waals surface area contributed by atoms with Crippen molar-refractivity contribution in [3.63, 3.8) is 0 Å². The summed E-state index contributed by atoms with van der Waals surface area (Å²) >= 11 is 0. The number of amides is 1. The molecule has 1 aromatic rings. The smallest absolute Gasteiger partial charge is 0.279 e. The molecule has 1 amide bonds. The molecule has 0 bridgehead atoms. The van der Waals surface area contributed by atoms with E-state index in [4.69, 9.17) is 4.74 Å². The number of hydrogen-bond acceptors (Lipinski definition) is 2. The highest BCUT2D eigenvalue weighted by Crippen LogP contribution is 2.24. The fourth-order valence-corrected chi connectivity index (χ4v) is 2.75. The van der Waals surface area contributed by atoms with Crippen LogP contribution in [0.4, 0.5) is 5.69 Å². The highest BCUT2D eigenvalue weighted by atomic mass is 16.5. The molecule has 110 valence electrons. The van der Waals surface area contributed by atoms with Crippen molar-refractivity contribution < 1.29 is 14.4 Å². The molecule has 1 saturated heterocycles. The second-order valence-electron chi connectivity index (χ2n) is 5.59. The predicted molar refractivity (Wildman–Crippen MR) is 80.4 cm³/mol. The molecule has 0 aliphatic carbocycles. The number of ether oxygens (including phenoxy) is 1. The first-order valence-corrected chi connectivity index (χ1v) is 7.47. The minimum atomic E-state index is 0.0748. The molecule has 2 N–H and O–H groups in total. The maximum Gasteiger partial charge on any atom is 0.279 e. The van der Waals surface area contributed by atoms with Gasteiger partial charge in [0.25, 0.3) is 5.91 Å². The van der Waals surface area contributed by atoms with Crippen LogP contribution < -0.4 is 15.0 Å². The van der Waals surface area contributed by atoms with E-state index in [2.05, 4.69) is 5.32 Å². The summed E-state index contributed by atoms with van der Waals surface area (Å²) < 4.78 is 5.29. The zero-order valence-electron chi connectivity index (χ0n) is 12.5. The van der Waals surface area contributed by atoms with E-state index in [0.29, 0.717) is 6.54 Å². The molecular formula is C16H25N2O2+. The van der Waals surface area contributed by atoms with Crippen molar-refractivity contribution in [2.75, 3.05) is 32.1 Å². The van der Waals surface area contributed by atoms with Gasteiger partial charge in [-0.15, -0.1) is 0 Å². The van der Waals surface area contributed by atoms with E-state index >= 15 is 0 Å². The molecule has 1 aromatic carbocycles. The van der Waals surface area contributed by atoms with Gasteiger partial charge in [0.1, 0.15) is 5.75 Å². The lowest BCUT2D eigenvalue weighted by atomic mass is 10.2. The van der Waals surface area contributed by atoms with Gasteiger partial charge in [-0.2, -0.15) is 0 Å². The second-order valence-corrected chi connectivity index (χ2v) is 5.59. The normalized spacial score (nSPS) is 16.5. The first kappa shape index (κ1) is 14.9. The lowest BCUT2D eigenvalue weighted by Crippen LogP contribution is -3.12. The molecule has 0 spiro atoms. The zero-order chi connectivity index (χ0) is 14.4. The van der Waals surface area contributed by atoms with Crippen LogP contribution in [0.1, 0.15) is 31.2 Å². The van der Waals surface area contributed by atoms with Crippen LogP contribution >= 0.6 is 0 Å². The monoisotopic (exact) mass is 277 g/mol. The van der Waals surface area contributed by atoms with Gasteiger partial charge in [0.15, 0.2) is 6.54 Å². The third kappa shape index (κ3) is 4.23. The van der Waals surface area contributed by atoms with Gasteiger partial charge in [0.2, 0.25) is 0 Å². The predicted octanol–water partition coefficient (Wildman–Crippen LogP) is 1.40. The zero-order valence-corrected chi connectivity index (χ0v) is 12.5. The first-order valence-electron chi connectivity index (χ1n) is 7.47. The summed E-state index contributed by atoms with van der Waals surface area (Å²) in [6.45, 7) is 4.78. The number of quaternary nitrogens is 1. The largest absolute Gasteiger partial charge is 0.495 e. The Labute approximate surface area is 121 Å². The summed E-state index contributed by atoms with van der Waals surface area (Å²) in [5.41, 5.74) is 1.88. The molecule has 0 radical (unpaired) electrons. The van der Waals surface area contributed by atoms with Gasteiger partial charge in [-0.05, 0) is 50.3 Å². The number of carbonyl (C=O) groups excluding carboxylic acids is 1. The van der Waals surface area contributed by atoms with E-state index in [0.717, 1.165) is 30.1 Å². The maximum absolute atomic E-state index is 12.2. The molecule has 1 heterocycles. The van der Waals surface area contributed by atoms with Crippen molar-refractivity contribution in [2.24, 2.45) is 0 Å². The molecule has 1 fully saturated rings. The highest BCUT2D eigenvalue weighted by Gasteiger charge is 2.17. The molecule has 1 aliphatic rings. The third-order valence-corrected chi connectivity index (χ3v) is 3.85. The molecule has 0 unspecified atom stereocenters. The van der Waals surface area contributed by atoms with Crippen LogP contribution in [0.3, 0.4) is 0 Å². The molecule has 0 aromatic heterocycles. The van der Waals surface area contributed by atoms with Crippen molar-refractivity contribution in [1.82, 2.24) is 0 Å². The van der Waals surface area contributed by atoms with Crippen molar-refractivity contribution in [1.29, 1.82) is 0 Å². The standard InChI is InChI=1S/C16H24N2O2/c1-13-7-8-15(20-2)14(11-13)17-16(19)12-18-9-5-3-4-6-10-18/h7-8,11H,3-6,9-10,12H2,1-2H3,(H,17,19)/p+1. The van der Waals surface area contributed by atoms with Crippen LogP contribution in [-0.2, 0) is 4.79 Å². The Morgan fingerprint density at radius 2 is 1.95 bits per heavy atom. The fourth-order valence-electron chi connectivity index (χ4n) is 2.75. The van der Waals surface area contributed by atoms with E-state index in [-0.39, 0.29) is 5.91 Å². The summed E-state index contributed by atoms with van der Waals surface area (Å²) in [6, 6.07) is 5.83. The van der Waals surface area contributed by atoms with Crippen LogP contribution in [0.2, 0.25) is 0 Å². The topological polar surface area (TPSA) is 42.8 Å². The average molecular weight is 277 g/mol. The number of benzene rings is 1. The Kier molecular flexibility index (Phi) is 5.41. The Bertz CT molecular complexity index is 452. The van der Waals surface area contributed by atoms with Gasteiger partial charge in [-0.1, -0.05) is 6.07 Å². The summed E-state index contributed by atoms with van der Waals surface area (Å²) in [5, 5.41) is 2.99. The maximum atomic E-state index is 12.2. The molecule has 1 aliphatic heterocycles. The van der Waals surface area contributed by atoms with Crippen molar-refractivity contribution in [2.45, 2.75) is 32.6 Å². The number of carbonyl (C=O) groups is 1. The SMILES string of the molecule is COc1ccc(C)cc1NC(=O)C[NH+]1CCCCCC1. The number of methoxy groups -OCH3 is 1. The fraction of sp³-hybridized carbons (Fsp3) is 0.562. The number of aryl methyl sites for hydroxylation is 1. The number of rotatable bonds is 4. The van der Waals surface area contributed by atoms with Crippen molar-refractivity contribution in [3.05, 3.63) is 23.8 Å². The summed E-state index contributed by atoms with van der Waals surface area (Å²) in [5.74, 6) is 0.792. The van der Waals surface area contributed by atoms with Crippen LogP contribution in [0.5, 0.6) is 5.75 Å². The van der Waals surface area contributed by atoms with Crippen LogP contribution in [0.15, 0.2) is 18.2 Å². The number of nitrogens with one attached hydrogen (secondary N) is 2. The van der Waals surface area contributed by atoms with E-state index in [1.165, 1.54) is 30.6 Å². The Morgan fingerprint density at radius 3 is 2.60 bits per heavy atom. The summed E-state index contributed by atoms with van der Waals surface area (Å²) in [7, 11) is 1.63. The minimum absolute atomic E-state index is 0.0748. The highest BCUT2D eigenvalue weighted by molar-refractivity contribution is 5.93. The van der Waals surface area contributed by atoms with Crippen LogP contribution in [0, 0.1) is 6.92 Å². The van der Waals surface area contributed by atoms with E-state index in [9.17, 15) is 4.79 Å². The number of likely N-dealkylation sites (tertiary alicyclic amines) is 1. The summed E-state index contributed by atoms with van der Waals surface area (Å²) in [4.78, 5) is 13.6. The van der Waals surface area contributed by atoms with Gasteiger partial charge in [-0.3, -0.25) is 4.79 Å². The first-order chi connectivity index (χ1) is 9.69. The molecule has 0 saturated carbocycles. The van der Waals surface area contributed by atoms with Gasteiger partial charge in [-0.25, -0.2) is 0 Å². The lowest BCUT2D eigenvalue weighted by Gasteiger charge is -2.17. The molecule has 20 heavy (non-hydrogen) atoms. The van der Waals surface area contributed by atoms with Gasteiger partial charge >= 0.3 is 0 Å². The van der Waals surface area contributed by atoms with E-state index < -0.39 is 0 Å². The van der Waals surface area contributed by atoms with Crippen molar-refractivity contribution >= 4 is 11.6 Å². The molecule has 0 atom stereocenters. The van der Waals surface area contributed by atoms with Crippen LogP contribution in [0.25, 0.3) is 0 Å². The van der Waals surface area contributed by atoms with Crippen molar-refractivity contribution in [3.8, 4) is 5.75 Å². The molecular weight excluding hydrogens is 252 g/mol. The third-order valence-electron chi connectivity index (χ3n) is 3.85. The Hall–Kier alpha value is -1.55. The summed E-state index contributed by atoms with van der Waals surface area (Å²) in [6.07, 6.45) is 5.07. The molecule has 4 nitrogen and oxygen atoms in total. The number of anilines is 1. The van der Waals surface area contributed by atoms with E-state index in [1.54, 1.807) is 7.11 Å². The van der Waals surface area contributed by atoms with E-state index in [1.807, 2.05) is 25.1 Å². The second kappa shape index (κ2) is 7.29. The minimum Gasteiger partial charge on any atom is -0.495 e. The van der Waals surface area contributed by atoms with Crippen LogP contribution in [-0.4, -0.2) is 32.7 Å². The lowest BCUT2D eigenvalue weighted by molar-refractivity contribution is -0.890. The van der Waals surface area contributed by atoms with Gasteiger partial charge in [0.05, 0.1) is 25.9 Å². The number of hydrogen-bond donors (Lipinski definition) is 2. The quantitative estimate of drug-likeness (QED) is 0.873.